The van der Waals surface area contributed by atoms with Gasteiger partial charge < -0.3 is 14.8 Å². The second-order valence-electron chi connectivity index (χ2n) is 5.39. The van der Waals surface area contributed by atoms with Crippen LogP contribution >= 0.6 is 11.6 Å². The summed E-state index contributed by atoms with van der Waals surface area (Å²) in [5.41, 5.74) is 1.03. The van der Waals surface area contributed by atoms with Gasteiger partial charge in [0.05, 0.1) is 0 Å². The third kappa shape index (κ3) is 4.46. The Kier molecular flexibility index (Phi) is 5.15. The number of nitrogens with one attached hydrogen (secondary N) is 2. The Morgan fingerprint density at radius 2 is 2.22 bits per heavy atom. The topological polar surface area (TPSA) is 76.2 Å². The standard InChI is InChI=1S/C16H18ClN3O3/c17-12-2-1-3-13(8-12)23-10-16(21)18-15-9-14(19-20-15)11-4-6-22-7-5-11/h1-3,8-9,11H,4-7,10H2,(H2,18,19,20,21). The lowest BCUT2D eigenvalue weighted by molar-refractivity contribution is -0.118. The second-order valence-corrected chi connectivity index (χ2v) is 5.83. The molecule has 0 radical (unpaired) electrons. The molecule has 2 heterocycles. The van der Waals surface area contributed by atoms with E-state index >= 15 is 0 Å². The molecular weight excluding hydrogens is 318 g/mol. The fourth-order valence-electron chi connectivity index (χ4n) is 2.50. The van der Waals surface area contributed by atoms with Crippen molar-refractivity contribution in [3.63, 3.8) is 0 Å². The number of aromatic nitrogens is 2. The van der Waals surface area contributed by atoms with Gasteiger partial charge in [0.25, 0.3) is 5.91 Å². The van der Waals surface area contributed by atoms with E-state index in [1.165, 1.54) is 0 Å². The van der Waals surface area contributed by atoms with Crippen molar-refractivity contribution in [2.45, 2.75) is 18.8 Å². The number of hydrogen-bond acceptors (Lipinski definition) is 4. The van der Waals surface area contributed by atoms with E-state index < -0.39 is 0 Å². The summed E-state index contributed by atoms with van der Waals surface area (Å²) >= 11 is 5.86. The first kappa shape index (κ1) is 15.8. The van der Waals surface area contributed by atoms with Gasteiger partial charge in [0.2, 0.25) is 0 Å². The lowest BCUT2D eigenvalue weighted by atomic mass is 9.97. The van der Waals surface area contributed by atoms with E-state index in [0.717, 1.165) is 31.7 Å². The molecule has 0 aliphatic carbocycles. The first-order valence-corrected chi connectivity index (χ1v) is 7.90. The van der Waals surface area contributed by atoms with E-state index in [4.69, 9.17) is 21.1 Å². The van der Waals surface area contributed by atoms with Crippen molar-refractivity contribution in [2.75, 3.05) is 25.1 Å². The van der Waals surface area contributed by atoms with Gasteiger partial charge in [-0.2, -0.15) is 5.10 Å². The minimum absolute atomic E-state index is 0.0974. The molecule has 1 aromatic carbocycles. The van der Waals surface area contributed by atoms with Gasteiger partial charge in [-0.25, -0.2) is 0 Å². The van der Waals surface area contributed by atoms with Crippen LogP contribution in [0.15, 0.2) is 30.3 Å². The Balaban J connectivity index is 1.50. The van der Waals surface area contributed by atoms with Crippen molar-refractivity contribution in [1.82, 2.24) is 10.2 Å². The number of carbonyl (C=O) groups excluding carboxylic acids is 1. The van der Waals surface area contributed by atoms with Gasteiger partial charge in [-0.1, -0.05) is 17.7 Å². The maximum absolute atomic E-state index is 11.9. The maximum Gasteiger partial charge on any atom is 0.263 e. The van der Waals surface area contributed by atoms with Crippen molar-refractivity contribution >= 4 is 23.3 Å². The molecule has 23 heavy (non-hydrogen) atoms. The number of benzene rings is 1. The van der Waals surface area contributed by atoms with Crippen LogP contribution < -0.4 is 10.1 Å². The third-order valence-corrected chi connectivity index (χ3v) is 3.93. The monoisotopic (exact) mass is 335 g/mol. The Morgan fingerprint density at radius 1 is 1.39 bits per heavy atom. The third-order valence-electron chi connectivity index (χ3n) is 3.69. The highest BCUT2D eigenvalue weighted by atomic mass is 35.5. The van der Waals surface area contributed by atoms with Crippen LogP contribution in [-0.2, 0) is 9.53 Å². The highest BCUT2D eigenvalue weighted by molar-refractivity contribution is 6.30. The van der Waals surface area contributed by atoms with Crippen molar-refractivity contribution in [1.29, 1.82) is 0 Å². The average molecular weight is 336 g/mol. The number of rotatable bonds is 5. The number of nitrogens with zero attached hydrogens (tertiary/aromatic N) is 1. The van der Waals surface area contributed by atoms with E-state index in [9.17, 15) is 4.79 Å². The summed E-state index contributed by atoms with van der Waals surface area (Å²) < 4.78 is 10.7. The Bertz CT molecular complexity index is 668. The van der Waals surface area contributed by atoms with E-state index in [2.05, 4.69) is 15.5 Å². The first-order valence-electron chi connectivity index (χ1n) is 7.52. The molecule has 0 spiro atoms. The van der Waals surface area contributed by atoms with Crippen LogP contribution in [0.5, 0.6) is 5.75 Å². The molecule has 122 valence electrons. The molecule has 0 atom stereocenters. The molecule has 2 aromatic rings. The van der Waals surface area contributed by atoms with Gasteiger partial charge >= 0.3 is 0 Å². The summed E-state index contributed by atoms with van der Waals surface area (Å²) in [6.45, 7) is 1.43. The van der Waals surface area contributed by atoms with E-state index in [1.807, 2.05) is 6.07 Å². The maximum atomic E-state index is 11.9. The van der Waals surface area contributed by atoms with Crippen molar-refractivity contribution < 1.29 is 14.3 Å². The summed E-state index contributed by atoms with van der Waals surface area (Å²) in [5.74, 6) is 1.20. The van der Waals surface area contributed by atoms with Crippen LogP contribution in [0.1, 0.15) is 24.5 Å². The lowest BCUT2D eigenvalue weighted by Crippen LogP contribution is -2.20. The predicted octanol–water partition coefficient (Wildman–Crippen LogP) is 2.97. The number of carbonyl (C=O) groups is 1. The Hall–Kier alpha value is -2.05. The van der Waals surface area contributed by atoms with Gasteiger partial charge in [-0.3, -0.25) is 9.89 Å². The highest BCUT2D eigenvalue weighted by Gasteiger charge is 2.18. The fourth-order valence-corrected chi connectivity index (χ4v) is 2.68. The lowest BCUT2D eigenvalue weighted by Gasteiger charge is -2.20. The van der Waals surface area contributed by atoms with E-state index in [1.54, 1.807) is 24.3 Å². The zero-order chi connectivity index (χ0) is 16.1. The fraction of sp³-hybridized carbons (Fsp3) is 0.375. The van der Waals surface area contributed by atoms with Crippen molar-refractivity contribution in [3.05, 3.63) is 41.0 Å². The summed E-state index contributed by atoms with van der Waals surface area (Å²) in [6, 6.07) is 8.79. The molecule has 1 aliphatic rings. The molecule has 1 aromatic heterocycles. The summed E-state index contributed by atoms with van der Waals surface area (Å²) in [6.07, 6.45) is 1.93. The van der Waals surface area contributed by atoms with E-state index in [-0.39, 0.29) is 12.5 Å². The molecule has 0 saturated carbocycles. The van der Waals surface area contributed by atoms with Crippen LogP contribution in [0, 0.1) is 0 Å². The van der Waals surface area contributed by atoms with Gasteiger partial charge in [0, 0.05) is 35.9 Å². The zero-order valence-corrected chi connectivity index (χ0v) is 13.3. The molecular formula is C16H18ClN3O3. The average Bonchev–Trinajstić information content (AvgIpc) is 3.02. The molecule has 1 amide bonds. The summed E-state index contributed by atoms with van der Waals surface area (Å²) in [7, 11) is 0. The van der Waals surface area contributed by atoms with Crippen molar-refractivity contribution in [2.24, 2.45) is 0 Å². The van der Waals surface area contributed by atoms with Crippen LogP contribution in [0.4, 0.5) is 5.82 Å². The first-order chi connectivity index (χ1) is 11.2. The number of anilines is 1. The molecule has 2 N–H and O–H groups in total. The van der Waals surface area contributed by atoms with Crippen LogP contribution in [0.25, 0.3) is 0 Å². The Morgan fingerprint density at radius 3 is 3.00 bits per heavy atom. The predicted molar refractivity (Wildman–Crippen MR) is 87.0 cm³/mol. The van der Waals surface area contributed by atoms with Crippen LogP contribution in [-0.4, -0.2) is 35.9 Å². The Labute approximate surface area is 139 Å². The molecule has 1 fully saturated rings. The van der Waals surface area contributed by atoms with Crippen LogP contribution in [0.3, 0.4) is 0 Å². The quantitative estimate of drug-likeness (QED) is 0.880. The van der Waals surface area contributed by atoms with E-state index in [0.29, 0.717) is 22.5 Å². The molecule has 1 saturated heterocycles. The zero-order valence-electron chi connectivity index (χ0n) is 12.5. The number of H-pyrrole nitrogens is 1. The second kappa shape index (κ2) is 7.48. The molecule has 1 aliphatic heterocycles. The van der Waals surface area contributed by atoms with Gasteiger partial charge in [0.15, 0.2) is 12.4 Å². The number of amides is 1. The van der Waals surface area contributed by atoms with Crippen LogP contribution in [0.2, 0.25) is 5.02 Å². The minimum Gasteiger partial charge on any atom is -0.484 e. The molecule has 6 nitrogen and oxygen atoms in total. The van der Waals surface area contributed by atoms with Gasteiger partial charge in [-0.15, -0.1) is 0 Å². The minimum atomic E-state index is -0.269. The normalized spacial score (nSPS) is 15.3. The number of aromatic amines is 1. The van der Waals surface area contributed by atoms with Gasteiger partial charge in [-0.05, 0) is 31.0 Å². The molecule has 7 heteroatoms. The molecule has 0 bridgehead atoms. The summed E-state index contributed by atoms with van der Waals surface area (Å²) in [5, 5.41) is 10.4. The number of halogens is 1. The largest absolute Gasteiger partial charge is 0.484 e. The summed E-state index contributed by atoms with van der Waals surface area (Å²) in [4.78, 5) is 11.9. The van der Waals surface area contributed by atoms with Gasteiger partial charge in [0.1, 0.15) is 5.75 Å². The number of hydrogen-bond donors (Lipinski definition) is 2. The number of ether oxygens (including phenoxy) is 2. The smallest absolute Gasteiger partial charge is 0.263 e. The van der Waals surface area contributed by atoms with Crippen molar-refractivity contribution in [3.8, 4) is 5.75 Å². The highest BCUT2D eigenvalue weighted by Crippen LogP contribution is 2.26. The molecule has 0 unspecified atom stereocenters. The molecule has 3 rings (SSSR count). The SMILES string of the molecule is O=C(COc1cccc(Cl)c1)Nc1cc(C2CCOCC2)[nH]n1.